The highest BCUT2D eigenvalue weighted by molar-refractivity contribution is 7.93. The van der Waals surface area contributed by atoms with Crippen molar-refractivity contribution in [2.45, 2.75) is 75.6 Å². The summed E-state index contributed by atoms with van der Waals surface area (Å²) >= 11 is 1.23. The topological polar surface area (TPSA) is 139 Å². The molecule has 11 nitrogen and oxygen atoms in total. The molecule has 0 spiro atoms. The second-order valence-corrected chi connectivity index (χ2v) is 13.6. The average Bonchev–Trinajstić information content (AvgIpc) is 3.68. The highest BCUT2D eigenvalue weighted by Crippen LogP contribution is 2.30. The van der Waals surface area contributed by atoms with Crippen LogP contribution in [0.3, 0.4) is 0 Å². The van der Waals surface area contributed by atoms with Gasteiger partial charge in [-0.25, -0.2) is 18.4 Å². The fourth-order valence-corrected chi connectivity index (χ4v) is 7.87. The maximum absolute atomic E-state index is 13.5. The monoisotopic (exact) mass is 599 g/mol. The number of likely N-dealkylation sites (tertiary alicyclic amines) is 1. The van der Waals surface area contributed by atoms with Crippen molar-refractivity contribution in [2.75, 3.05) is 24.9 Å². The largest absolute Gasteiger partial charge is 0.477 e. The lowest BCUT2D eigenvalue weighted by Gasteiger charge is -2.35. The number of aromatic nitrogens is 4. The van der Waals surface area contributed by atoms with E-state index < -0.39 is 16.1 Å². The summed E-state index contributed by atoms with van der Waals surface area (Å²) in [5, 5.41) is 3.06. The van der Waals surface area contributed by atoms with Gasteiger partial charge < -0.3 is 15.0 Å². The zero-order valence-electron chi connectivity index (χ0n) is 23.5. The Morgan fingerprint density at radius 1 is 1.15 bits per heavy atom. The van der Waals surface area contributed by atoms with E-state index in [1.54, 1.807) is 36.9 Å². The van der Waals surface area contributed by atoms with E-state index in [0.29, 0.717) is 58.7 Å². The zero-order chi connectivity index (χ0) is 28.8. The fraction of sp³-hybridized carbons (Fsp3) is 0.536. The molecule has 5 rings (SSSR count). The van der Waals surface area contributed by atoms with Crippen LogP contribution in [-0.4, -0.2) is 70.7 Å². The van der Waals surface area contributed by atoms with Crippen LogP contribution in [0.15, 0.2) is 36.9 Å². The Bertz CT molecular complexity index is 1440. The first-order valence-corrected chi connectivity index (χ1v) is 16.6. The maximum Gasteiger partial charge on any atom is 0.280 e. The van der Waals surface area contributed by atoms with Gasteiger partial charge in [0.05, 0.1) is 46.6 Å². The smallest absolute Gasteiger partial charge is 0.280 e. The number of hydrogen-bond acceptors (Lipinski definition) is 10. The van der Waals surface area contributed by atoms with Crippen LogP contribution in [0.5, 0.6) is 5.88 Å². The quantitative estimate of drug-likeness (QED) is 0.328. The van der Waals surface area contributed by atoms with Gasteiger partial charge >= 0.3 is 0 Å². The van der Waals surface area contributed by atoms with Crippen LogP contribution in [0.25, 0.3) is 10.6 Å². The molecule has 2 fully saturated rings. The highest BCUT2D eigenvalue weighted by Gasteiger charge is 2.30. The molecule has 2 atom stereocenters. The van der Waals surface area contributed by atoms with E-state index in [1.807, 2.05) is 6.92 Å². The SMILES string of the molecule is CCOc1cncc(-c2cnc(C(=O)N[C@H](C[C@H]3CCCCN3C)c3cc(NS(=O)(=O)C4CCCC4)ccn3)s2)n1. The Hall–Kier alpha value is -3.16. The number of anilines is 1. The van der Waals surface area contributed by atoms with Crippen LogP contribution >= 0.6 is 11.3 Å². The number of nitrogens with zero attached hydrogens (tertiary/aromatic N) is 5. The minimum Gasteiger partial charge on any atom is -0.477 e. The van der Waals surface area contributed by atoms with E-state index in [1.165, 1.54) is 11.3 Å². The molecule has 13 heteroatoms. The number of nitrogens with one attached hydrogen (secondary N) is 2. The molecular weight excluding hydrogens is 562 g/mol. The summed E-state index contributed by atoms with van der Waals surface area (Å²) < 4.78 is 34.1. The lowest BCUT2D eigenvalue weighted by Crippen LogP contribution is -2.40. The summed E-state index contributed by atoms with van der Waals surface area (Å²) in [6.07, 6.45) is 13.5. The molecule has 1 saturated carbocycles. The van der Waals surface area contributed by atoms with Crippen molar-refractivity contribution in [1.82, 2.24) is 30.2 Å². The van der Waals surface area contributed by atoms with Gasteiger partial charge in [-0.3, -0.25) is 19.5 Å². The van der Waals surface area contributed by atoms with E-state index in [2.05, 4.69) is 41.9 Å². The van der Waals surface area contributed by atoms with E-state index in [0.717, 1.165) is 38.6 Å². The molecule has 4 heterocycles. The number of rotatable bonds is 11. The third kappa shape index (κ3) is 7.38. The summed E-state index contributed by atoms with van der Waals surface area (Å²) in [4.78, 5) is 34.1. The van der Waals surface area contributed by atoms with Crippen molar-refractivity contribution in [3.05, 3.63) is 47.6 Å². The van der Waals surface area contributed by atoms with E-state index in [4.69, 9.17) is 4.74 Å². The van der Waals surface area contributed by atoms with Gasteiger partial charge in [0.15, 0.2) is 5.01 Å². The normalized spacial score (nSPS) is 19.1. The fourth-order valence-electron chi connectivity index (χ4n) is 5.52. The number of thiazole rings is 1. The second-order valence-electron chi connectivity index (χ2n) is 10.6. The molecule has 0 unspecified atom stereocenters. The standard InChI is InChI=1S/C28H37N7O4S2/c1-3-39-26-18-29-16-24(32-26)25-17-31-28(40-25)27(36)33-23(15-20-8-6-7-13-35(20)2)22-14-19(11-12-30-22)34-41(37,38)21-9-4-5-10-21/h11-12,14,16-18,20-21,23H,3-10,13,15H2,1-2H3,(H,30,34)(H,33,36)/t20-,23-/m1/s1. The molecule has 1 amide bonds. The number of carbonyl (C=O) groups is 1. The molecule has 3 aromatic rings. The van der Waals surface area contributed by atoms with E-state index >= 15 is 0 Å². The van der Waals surface area contributed by atoms with Crippen LogP contribution < -0.4 is 14.8 Å². The van der Waals surface area contributed by atoms with Gasteiger partial charge in [0.25, 0.3) is 5.91 Å². The van der Waals surface area contributed by atoms with Crippen LogP contribution in [0.4, 0.5) is 5.69 Å². The van der Waals surface area contributed by atoms with Crippen molar-refractivity contribution < 1.29 is 17.9 Å². The van der Waals surface area contributed by atoms with Crippen LogP contribution in [-0.2, 0) is 10.0 Å². The van der Waals surface area contributed by atoms with Gasteiger partial charge in [0.2, 0.25) is 15.9 Å². The lowest BCUT2D eigenvalue weighted by atomic mass is 9.94. The molecule has 220 valence electrons. The summed E-state index contributed by atoms with van der Waals surface area (Å²) in [6.45, 7) is 3.35. The molecule has 0 bridgehead atoms. The van der Waals surface area contributed by atoms with Crippen molar-refractivity contribution in [3.63, 3.8) is 0 Å². The third-order valence-corrected chi connectivity index (χ3v) is 10.6. The number of piperidine rings is 1. The van der Waals surface area contributed by atoms with E-state index in [-0.39, 0.29) is 17.2 Å². The molecular formula is C28H37N7O4S2. The number of pyridine rings is 1. The second kappa shape index (κ2) is 13.2. The summed E-state index contributed by atoms with van der Waals surface area (Å²) in [5.41, 5.74) is 1.65. The number of ether oxygens (including phenoxy) is 1. The Labute approximate surface area is 245 Å². The number of carbonyl (C=O) groups excluding carboxylic acids is 1. The van der Waals surface area contributed by atoms with Gasteiger partial charge in [-0.2, -0.15) is 0 Å². The Balaban J connectivity index is 1.36. The van der Waals surface area contributed by atoms with Crippen molar-refractivity contribution in [3.8, 4) is 16.5 Å². The van der Waals surface area contributed by atoms with Crippen molar-refractivity contribution >= 4 is 33.0 Å². The molecule has 3 aromatic heterocycles. The molecule has 41 heavy (non-hydrogen) atoms. The predicted molar refractivity (Wildman–Crippen MR) is 158 cm³/mol. The number of sulfonamides is 1. The Morgan fingerprint density at radius 3 is 2.73 bits per heavy atom. The first-order valence-electron chi connectivity index (χ1n) is 14.2. The van der Waals surface area contributed by atoms with Gasteiger partial charge in [-0.1, -0.05) is 19.3 Å². The predicted octanol–water partition coefficient (Wildman–Crippen LogP) is 4.42. The molecule has 0 radical (unpaired) electrons. The molecule has 1 aliphatic carbocycles. The average molecular weight is 600 g/mol. The molecule has 2 aliphatic rings. The lowest BCUT2D eigenvalue weighted by molar-refractivity contribution is 0.0915. The van der Waals surface area contributed by atoms with Crippen LogP contribution in [0.2, 0.25) is 0 Å². The van der Waals surface area contributed by atoms with Gasteiger partial charge in [0, 0.05) is 18.4 Å². The summed E-state index contributed by atoms with van der Waals surface area (Å²) in [6, 6.07) is 3.23. The molecule has 1 saturated heterocycles. The molecule has 2 N–H and O–H groups in total. The Morgan fingerprint density at radius 2 is 1.95 bits per heavy atom. The van der Waals surface area contributed by atoms with Gasteiger partial charge in [0.1, 0.15) is 5.69 Å². The first kappa shape index (κ1) is 29.3. The van der Waals surface area contributed by atoms with Crippen molar-refractivity contribution in [2.24, 2.45) is 0 Å². The van der Waals surface area contributed by atoms with Gasteiger partial charge in [-0.05, 0) is 64.8 Å². The zero-order valence-corrected chi connectivity index (χ0v) is 25.1. The van der Waals surface area contributed by atoms with Crippen LogP contribution in [0, 0.1) is 0 Å². The maximum atomic E-state index is 13.5. The Kier molecular flexibility index (Phi) is 9.46. The number of hydrogen-bond donors (Lipinski definition) is 2. The first-order chi connectivity index (χ1) is 19.8. The van der Waals surface area contributed by atoms with Crippen LogP contribution in [0.1, 0.15) is 79.8 Å². The minimum absolute atomic E-state index is 0.262. The number of amides is 1. The molecule has 0 aromatic carbocycles. The van der Waals surface area contributed by atoms with Gasteiger partial charge in [-0.15, -0.1) is 11.3 Å². The molecule has 1 aliphatic heterocycles. The highest BCUT2D eigenvalue weighted by atomic mass is 32.2. The van der Waals surface area contributed by atoms with E-state index in [9.17, 15) is 13.2 Å². The van der Waals surface area contributed by atoms with Crippen molar-refractivity contribution in [1.29, 1.82) is 0 Å². The summed E-state index contributed by atoms with van der Waals surface area (Å²) in [5.74, 6) is 0.0907. The summed E-state index contributed by atoms with van der Waals surface area (Å²) in [7, 11) is -1.39. The third-order valence-electron chi connectivity index (χ3n) is 7.73. The minimum atomic E-state index is -3.49.